The number of hydrogen-bond acceptors (Lipinski definition) is 4. The van der Waals surface area contributed by atoms with E-state index in [0.29, 0.717) is 5.56 Å². The van der Waals surface area contributed by atoms with Crippen LogP contribution in [0.15, 0.2) is 33.8 Å². The number of carbonyl (C=O) groups excluding carboxylic acids is 1. The minimum absolute atomic E-state index is 0.124. The monoisotopic (exact) mass is 322 g/mol. The Kier molecular flexibility index (Phi) is 3.96. The van der Waals surface area contributed by atoms with E-state index in [0.717, 1.165) is 10.2 Å². The topological polar surface area (TPSA) is 90.4 Å². The van der Waals surface area contributed by atoms with Crippen LogP contribution in [0.3, 0.4) is 0 Å². The molecule has 0 bridgehead atoms. The average Bonchev–Trinajstić information content (AvgIpc) is 2.80. The number of halogens is 1. The molecule has 1 amide bonds. The van der Waals surface area contributed by atoms with E-state index in [4.69, 9.17) is 0 Å². The van der Waals surface area contributed by atoms with Gasteiger partial charge in [0.25, 0.3) is 5.91 Å². The van der Waals surface area contributed by atoms with E-state index in [1.165, 1.54) is 12.3 Å². The number of benzene rings is 1. The highest BCUT2D eigenvalue weighted by Gasteiger charge is 2.07. The third-order valence-corrected chi connectivity index (χ3v) is 3.01. The first-order chi connectivity index (χ1) is 9.06. The highest BCUT2D eigenvalue weighted by Crippen LogP contribution is 2.19. The van der Waals surface area contributed by atoms with Gasteiger partial charge in [-0.3, -0.25) is 9.89 Å². The zero-order chi connectivity index (χ0) is 13.8. The Morgan fingerprint density at radius 2 is 2.32 bits per heavy atom. The summed E-state index contributed by atoms with van der Waals surface area (Å²) < 4.78 is 0.763. The lowest BCUT2D eigenvalue weighted by Crippen LogP contribution is -2.18. The normalized spacial score (nSPS) is 10.8. The maximum atomic E-state index is 11.6. The smallest absolute Gasteiger partial charge is 0.291 e. The third kappa shape index (κ3) is 3.41. The number of aromatic amines is 1. The highest BCUT2D eigenvalue weighted by atomic mass is 79.9. The molecule has 0 aliphatic rings. The first-order valence-corrected chi connectivity index (χ1v) is 6.19. The van der Waals surface area contributed by atoms with Gasteiger partial charge in [-0.05, 0) is 31.2 Å². The molecular formula is C12H11BrN4O2. The summed E-state index contributed by atoms with van der Waals surface area (Å²) in [5.74, 6) is -0.282. The number of nitrogens with zero attached hydrogens (tertiary/aromatic N) is 2. The molecule has 7 heteroatoms. The van der Waals surface area contributed by atoms with Crippen LogP contribution < -0.4 is 5.43 Å². The summed E-state index contributed by atoms with van der Waals surface area (Å²) in [5.41, 5.74) is 4.07. The predicted octanol–water partition coefficient (Wildman–Crippen LogP) is 1.95. The van der Waals surface area contributed by atoms with Crippen LogP contribution in [0.5, 0.6) is 5.75 Å². The number of phenolic OH excluding ortho intramolecular Hbond substituents is 1. The zero-order valence-electron chi connectivity index (χ0n) is 10.0. The minimum Gasteiger partial charge on any atom is -0.508 e. The fraction of sp³-hybridized carbons (Fsp3) is 0.0833. The first kappa shape index (κ1) is 13.3. The molecule has 3 N–H and O–H groups in total. The molecule has 0 saturated carbocycles. The minimum atomic E-state index is -0.406. The van der Waals surface area contributed by atoms with Crippen LogP contribution in [0.1, 0.15) is 21.7 Å². The molecule has 0 spiro atoms. The lowest BCUT2D eigenvalue weighted by molar-refractivity contribution is 0.0950. The van der Waals surface area contributed by atoms with Crippen LogP contribution in [0.2, 0.25) is 0 Å². The molecule has 98 valence electrons. The van der Waals surface area contributed by atoms with Gasteiger partial charge in [-0.1, -0.05) is 15.9 Å². The standard InChI is InChI=1S/C12H11BrN4O2/c1-7-4-11(16-15-7)12(19)17-14-6-8-5-9(18)2-3-10(8)13/h2-6,18H,1H3,(H,15,16)(H,17,19). The van der Waals surface area contributed by atoms with Gasteiger partial charge in [-0.25, -0.2) is 5.43 Å². The second-order valence-electron chi connectivity index (χ2n) is 3.84. The van der Waals surface area contributed by atoms with E-state index in [9.17, 15) is 9.90 Å². The highest BCUT2D eigenvalue weighted by molar-refractivity contribution is 9.10. The Morgan fingerprint density at radius 3 is 3.00 bits per heavy atom. The number of H-pyrrole nitrogens is 1. The second kappa shape index (κ2) is 5.66. The van der Waals surface area contributed by atoms with Crippen molar-refractivity contribution in [3.05, 3.63) is 45.7 Å². The van der Waals surface area contributed by atoms with Crippen molar-refractivity contribution in [2.45, 2.75) is 6.92 Å². The predicted molar refractivity (Wildman–Crippen MR) is 74.2 cm³/mol. The van der Waals surface area contributed by atoms with Crippen molar-refractivity contribution in [3.63, 3.8) is 0 Å². The van der Waals surface area contributed by atoms with Gasteiger partial charge in [0, 0.05) is 15.7 Å². The molecule has 6 nitrogen and oxygen atoms in total. The van der Waals surface area contributed by atoms with Crippen LogP contribution in [-0.4, -0.2) is 27.4 Å². The number of aryl methyl sites for hydroxylation is 1. The van der Waals surface area contributed by atoms with Crippen molar-refractivity contribution < 1.29 is 9.90 Å². The van der Waals surface area contributed by atoms with E-state index in [2.05, 4.69) is 36.7 Å². The van der Waals surface area contributed by atoms with E-state index >= 15 is 0 Å². The van der Waals surface area contributed by atoms with Gasteiger partial charge in [0.1, 0.15) is 5.75 Å². The number of carbonyl (C=O) groups is 1. The lowest BCUT2D eigenvalue weighted by atomic mass is 10.2. The van der Waals surface area contributed by atoms with Gasteiger partial charge in [0.05, 0.1) is 6.21 Å². The summed E-state index contributed by atoms with van der Waals surface area (Å²) >= 11 is 3.31. The van der Waals surface area contributed by atoms with Crippen molar-refractivity contribution in [1.82, 2.24) is 15.6 Å². The van der Waals surface area contributed by atoms with Crippen molar-refractivity contribution in [2.75, 3.05) is 0 Å². The summed E-state index contributed by atoms with van der Waals surface area (Å²) in [5, 5.41) is 19.6. The lowest BCUT2D eigenvalue weighted by Gasteiger charge is -1.99. The Balaban J connectivity index is 2.04. The number of hydrazone groups is 1. The van der Waals surface area contributed by atoms with E-state index < -0.39 is 5.91 Å². The number of rotatable bonds is 3. The molecule has 19 heavy (non-hydrogen) atoms. The fourth-order valence-corrected chi connectivity index (χ4v) is 1.73. The Bertz CT molecular complexity index is 636. The van der Waals surface area contributed by atoms with E-state index in [1.807, 2.05) is 0 Å². The van der Waals surface area contributed by atoms with Gasteiger partial charge in [-0.15, -0.1) is 0 Å². The molecule has 1 aromatic carbocycles. The van der Waals surface area contributed by atoms with Gasteiger partial charge < -0.3 is 5.11 Å². The summed E-state index contributed by atoms with van der Waals surface area (Å²) in [6, 6.07) is 6.38. The van der Waals surface area contributed by atoms with E-state index in [-0.39, 0.29) is 11.4 Å². The molecule has 0 aliphatic heterocycles. The quantitative estimate of drug-likeness (QED) is 0.596. The molecule has 1 heterocycles. The van der Waals surface area contributed by atoms with Crippen molar-refractivity contribution in [1.29, 1.82) is 0 Å². The van der Waals surface area contributed by atoms with Gasteiger partial charge in [0.15, 0.2) is 5.69 Å². The van der Waals surface area contributed by atoms with Crippen LogP contribution in [0, 0.1) is 6.92 Å². The van der Waals surface area contributed by atoms with Gasteiger partial charge in [-0.2, -0.15) is 10.2 Å². The van der Waals surface area contributed by atoms with Crippen molar-refractivity contribution in [2.24, 2.45) is 5.10 Å². The van der Waals surface area contributed by atoms with Gasteiger partial charge in [0.2, 0.25) is 0 Å². The molecule has 0 fully saturated rings. The van der Waals surface area contributed by atoms with Crippen molar-refractivity contribution in [3.8, 4) is 5.75 Å². The Morgan fingerprint density at radius 1 is 1.53 bits per heavy atom. The molecular weight excluding hydrogens is 312 g/mol. The largest absolute Gasteiger partial charge is 0.508 e. The number of amides is 1. The maximum absolute atomic E-state index is 11.6. The van der Waals surface area contributed by atoms with Crippen LogP contribution >= 0.6 is 15.9 Å². The molecule has 0 aliphatic carbocycles. The summed E-state index contributed by atoms with van der Waals surface area (Å²) in [6.45, 7) is 1.80. The molecule has 0 atom stereocenters. The molecule has 0 radical (unpaired) electrons. The fourth-order valence-electron chi connectivity index (χ4n) is 1.38. The molecule has 2 aromatic rings. The number of aromatic nitrogens is 2. The first-order valence-electron chi connectivity index (χ1n) is 5.40. The second-order valence-corrected chi connectivity index (χ2v) is 4.70. The molecule has 0 unspecified atom stereocenters. The van der Waals surface area contributed by atoms with Crippen molar-refractivity contribution >= 4 is 28.1 Å². The average molecular weight is 323 g/mol. The number of nitrogens with one attached hydrogen (secondary N) is 2. The summed E-state index contributed by atoms with van der Waals surface area (Å²) in [7, 11) is 0. The number of hydrogen-bond donors (Lipinski definition) is 3. The maximum Gasteiger partial charge on any atom is 0.291 e. The van der Waals surface area contributed by atoms with Crippen LogP contribution in [0.4, 0.5) is 0 Å². The Hall–Kier alpha value is -2.15. The molecule has 0 saturated heterocycles. The van der Waals surface area contributed by atoms with Crippen LogP contribution in [0.25, 0.3) is 0 Å². The Labute approximate surface area is 117 Å². The summed E-state index contributed by atoms with van der Waals surface area (Å²) in [4.78, 5) is 11.6. The number of aromatic hydroxyl groups is 1. The van der Waals surface area contributed by atoms with E-state index in [1.54, 1.807) is 25.1 Å². The number of phenols is 1. The molecule has 1 aromatic heterocycles. The molecule has 2 rings (SSSR count). The van der Waals surface area contributed by atoms with Gasteiger partial charge >= 0.3 is 0 Å². The SMILES string of the molecule is Cc1cc(C(=O)NN=Cc2cc(O)ccc2Br)n[nH]1. The van der Waals surface area contributed by atoms with Crippen LogP contribution in [-0.2, 0) is 0 Å². The third-order valence-electron chi connectivity index (χ3n) is 2.29. The summed E-state index contributed by atoms with van der Waals surface area (Å²) in [6.07, 6.45) is 1.43. The zero-order valence-corrected chi connectivity index (χ0v) is 11.6.